The number of piperazine rings is 1. The number of H-pyrrole nitrogens is 1. The molecule has 0 unspecified atom stereocenters. The monoisotopic (exact) mass is 398 g/mol. The Morgan fingerprint density at radius 1 is 1.14 bits per heavy atom. The Labute approximate surface area is 169 Å². The first-order chi connectivity index (χ1) is 14.1. The fourth-order valence-corrected chi connectivity index (χ4v) is 4.35. The summed E-state index contributed by atoms with van der Waals surface area (Å²) >= 11 is 0. The summed E-state index contributed by atoms with van der Waals surface area (Å²) in [4.78, 5) is 29.0. The topological polar surface area (TPSA) is 69.3 Å². The van der Waals surface area contributed by atoms with Gasteiger partial charge in [-0.15, -0.1) is 0 Å². The average Bonchev–Trinajstić information content (AvgIpc) is 2.77. The molecule has 1 aromatic heterocycles. The van der Waals surface area contributed by atoms with E-state index in [1.54, 1.807) is 17.0 Å². The summed E-state index contributed by atoms with van der Waals surface area (Å²) in [6, 6.07) is 4.71. The number of aromatic amines is 1. The summed E-state index contributed by atoms with van der Waals surface area (Å²) in [5, 5.41) is 6.86. The second-order valence-corrected chi connectivity index (χ2v) is 7.88. The van der Waals surface area contributed by atoms with E-state index in [9.17, 15) is 14.0 Å². The van der Waals surface area contributed by atoms with Crippen LogP contribution in [0.15, 0.2) is 23.0 Å². The average molecular weight is 398 g/mol. The molecule has 7 heteroatoms. The molecule has 1 amide bonds. The van der Waals surface area contributed by atoms with E-state index in [4.69, 9.17) is 0 Å². The van der Waals surface area contributed by atoms with Crippen molar-refractivity contribution in [2.24, 2.45) is 0 Å². The number of hydrogen-bond donors (Lipinski definition) is 1. The first-order valence-electron chi connectivity index (χ1n) is 10.5. The van der Waals surface area contributed by atoms with Crippen LogP contribution in [0.3, 0.4) is 0 Å². The highest BCUT2D eigenvalue weighted by Crippen LogP contribution is 2.23. The third-order valence-corrected chi connectivity index (χ3v) is 6.12. The molecule has 2 heterocycles. The van der Waals surface area contributed by atoms with Crippen molar-refractivity contribution in [1.82, 2.24) is 20.0 Å². The largest absolute Gasteiger partial charge is 0.336 e. The number of hydrogen-bond acceptors (Lipinski definition) is 4. The number of nitrogens with one attached hydrogen (secondary N) is 1. The van der Waals surface area contributed by atoms with E-state index in [1.165, 1.54) is 6.07 Å². The van der Waals surface area contributed by atoms with Crippen LogP contribution in [-0.2, 0) is 19.3 Å². The van der Waals surface area contributed by atoms with Gasteiger partial charge in [0.1, 0.15) is 5.82 Å². The molecule has 1 aliphatic heterocycles. The SMILES string of the molecule is CCN1CCN(C(=O)c2cc(Cc3n[nH]c(=O)c4c3CCCC4)ccc2F)CC1. The number of likely N-dealkylation sites (N-methyl/N-ethyl adjacent to an activating group) is 1. The zero-order chi connectivity index (χ0) is 20.4. The van der Waals surface area contributed by atoms with Crippen LogP contribution in [0.4, 0.5) is 4.39 Å². The summed E-state index contributed by atoms with van der Waals surface area (Å²) in [7, 11) is 0. The quantitative estimate of drug-likeness (QED) is 0.857. The molecule has 0 spiro atoms. The zero-order valence-corrected chi connectivity index (χ0v) is 16.8. The summed E-state index contributed by atoms with van der Waals surface area (Å²) in [5.74, 6) is -0.746. The third kappa shape index (κ3) is 4.10. The summed E-state index contributed by atoms with van der Waals surface area (Å²) in [6.45, 7) is 5.93. The lowest BCUT2D eigenvalue weighted by atomic mass is 9.90. The van der Waals surface area contributed by atoms with E-state index in [1.807, 2.05) is 0 Å². The van der Waals surface area contributed by atoms with Crippen LogP contribution >= 0.6 is 0 Å². The van der Waals surface area contributed by atoms with E-state index in [2.05, 4.69) is 22.0 Å². The van der Waals surface area contributed by atoms with Crippen molar-refractivity contribution >= 4 is 5.91 Å². The molecule has 0 atom stereocenters. The van der Waals surface area contributed by atoms with Gasteiger partial charge in [0, 0.05) is 38.2 Å². The fourth-order valence-electron chi connectivity index (χ4n) is 4.35. The Kier molecular flexibility index (Phi) is 5.76. The van der Waals surface area contributed by atoms with Crippen molar-refractivity contribution in [3.63, 3.8) is 0 Å². The van der Waals surface area contributed by atoms with Crippen LogP contribution in [0, 0.1) is 5.82 Å². The molecule has 1 saturated heterocycles. The van der Waals surface area contributed by atoms with E-state index < -0.39 is 5.82 Å². The zero-order valence-electron chi connectivity index (χ0n) is 16.8. The van der Waals surface area contributed by atoms with E-state index in [-0.39, 0.29) is 17.0 Å². The molecule has 0 bridgehead atoms. The Bertz CT molecular complexity index is 964. The number of rotatable bonds is 4. The van der Waals surface area contributed by atoms with Crippen molar-refractivity contribution in [3.8, 4) is 0 Å². The Balaban J connectivity index is 1.57. The lowest BCUT2D eigenvalue weighted by molar-refractivity contribution is 0.0638. The van der Waals surface area contributed by atoms with Crippen molar-refractivity contribution in [2.45, 2.75) is 39.0 Å². The lowest BCUT2D eigenvalue weighted by Gasteiger charge is -2.34. The molecule has 2 aromatic rings. The minimum atomic E-state index is -0.492. The molecule has 154 valence electrons. The van der Waals surface area contributed by atoms with Crippen LogP contribution in [0.1, 0.15) is 52.5 Å². The molecule has 1 aromatic carbocycles. The number of amides is 1. The van der Waals surface area contributed by atoms with Gasteiger partial charge in [0.25, 0.3) is 11.5 Å². The molecular weight excluding hydrogens is 371 g/mol. The smallest absolute Gasteiger partial charge is 0.267 e. The van der Waals surface area contributed by atoms with Gasteiger partial charge in [-0.2, -0.15) is 5.10 Å². The number of aromatic nitrogens is 2. The van der Waals surface area contributed by atoms with E-state index >= 15 is 0 Å². The molecule has 2 aliphatic rings. The number of carbonyl (C=O) groups is 1. The highest BCUT2D eigenvalue weighted by Gasteiger charge is 2.24. The first-order valence-corrected chi connectivity index (χ1v) is 10.5. The maximum atomic E-state index is 14.5. The number of carbonyl (C=O) groups excluding carboxylic acids is 1. The number of benzene rings is 1. The summed E-state index contributed by atoms with van der Waals surface area (Å²) in [5.41, 5.74) is 3.51. The lowest BCUT2D eigenvalue weighted by Crippen LogP contribution is -2.48. The molecule has 1 fully saturated rings. The number of halogens is 1. The number of fused-ring (bicyclic) bond motifs is 1. The van der Waals surface area contributed by atoms with Gasteiger partial charge in [-0.3, -0.25) is 9.59 Å². The molecular formula is C22H27FN4O2. The third-order valence-electron chi connectivity index (χ3n) is 6.12. The van der Waals surface area contributed by atoms with Crippen LogP contribution in [-0.4, -0.2) is 58.6 Å². The minimum absolute atomic E-state index is 0.107. The predicted molar refractivity (Wildman–Crippen MR) is 109 cm³/mol. The van der Waals surface area contributed by atoms with Crippen molar-refractivity contribution in [1.29, 1.82) is 0 Å². The predicted octanol–water partition coefficient (Wildman–Crippen LogP) is 2.16. The molecule has 6 nitrogen and oxygen atoms in total. The minimum Gasteiger partial charge on any atom is -0.336 e. The highest BCUT2D eigenvalue weighted by molar-refractivity contribution is 5.94. The van der Waals surface area contributed by atoms with Crippen LogP contribution in [0.25, 0.3) is 0 Å². The van der Waals surface area contributed by atoms with Crippen LogP contribution in [0.5, 0.6) is 0 Å². The van der Waals surface area contributed by atoms with Crippen molar-refractivity contribution in [3.05, 3.63) is 62.3 Å². The van der Waals surface area contributed by atoms with Crippen LogP contribution < -0.4 is 5.56 Å². The van der Waals surface area contributed by atoms with Gasteiger partial charge >= 0.3 is 0 Å². The van der Waals surface area contributed by atoms with Gasteiger partial charge in [0.2, 0.25) is 0 Å². The summed E-state index contributed by atoms with van der Waals surface area (Å²) < 4.78 is 14.5. The molecule has 0 saturated carbocycles. The van der Waals surface area contributed by atoms with E-state index in [0.717, 1.165) is 67.7 Å². The fraction of sp³-hybridized carbons (Fsp3) is 0.500. The second-order valence-electron chi connectivity index (χ2n) is 7.88. The molecule has 29 heavy (non-hydrogen) atoms. The maximum absolute atomic E-state index is 14.5. The molecule has 4 rings (SSSR count). The van der Waals surface area contributed by atoms with Gasteiger partial charge in [0.05, 0.1) is 11.3 Å². The van der Waals surface area contributed by atoms with Gasteiger partial charge < -0.3 is 9.80 Å². The second kappa shape index (κ2) is 8.45. The van der Waals surface area contributed by atoms with Gasteiger partial charge in [-0.1, -0.05) is 13.0 Å². The van der Waals surface area contributed by atoms with Crippen molar-refractivity contribution < 1.29 is 9.18 Å². The Morgan fingerprint density at radius 3 is 2.59 bits per heavy atom. The molecule has 1 aliphatic carbocycles. The van der Waals surface area contributed by atoms with Gasteiger partial charge in [-0.25, -0.2) is 9.49 Å². The highest BCUT2D eigenvalue weighted by atomic mass is 19.1. The first kappa shape index (κ1) is 19.8. The summed E-state index contributed by atoms with van der Waals surface area (Å²) in [6.07, 6.45) is 4.15. The van der Waals surface area contributed by atoms with E-state index in [0.29, 0.717) is 19.5 Å². The number of nitrogens with zero attached hydrogens (tertiary/aromatic N) is 3. The Morgan fingerprint density at radius 2 is 1.86 bits per heavy atom. The molecule has 0 radical (unpaired) electrons. The Hall–Kier alpha value is -2.54. The molecule has 1 N–H and O–H groups in total. The van der Waals surface area contributed by atoms with Crippen molar-refractivity contribution in [2.75, 3.05) is 32.7 Å². The normalized spacial score (nSPS) is 17.2. The van der Waals surface area contributed by atoms with Gasteiger partial charge in [0.15, 0.2) is 0 Å². The standard InChI is InChI=1S/C22H27FN4O2/c1-2-26-9-11-27(12-10-26)22(29)18-13-15(7-8-19(18)23)14-20-16-5-3-4-6-17(16)21(28)25-24-20/h7-8,13H,2-6,9-12,14H2,1H3,(H,25,28). The maximum Gasteiger partial charge on any atom is 0.267 e. The van der Waals surface area contributed by atoms with Gasteiger partial charge in [-0.05, 0) is 55.5 Å². The van der Waals surface area contributed by atoms with Crippen LogP contribution in [0.2, 0.25) is 0 Å².